The van der Waals surface area contributed by atoms with E-state index in [0.717, 1.165) is 5.56 Å². The minimum atomic E-state index is -0.318. The Morgan fingerprint density at radius 1 is 1.11 bits per heavy atom. The van der Waals surface area contributed by atoms with Gasteiger partial charge in [-0.15, -0.1) is 12.4 Å². The van der Waals surface area contributed by atoms with Crippen LogP contribution >= 0.6 is 12.4 Å². The number of hydrogen-bond acceptors (Lipinski definition) is 5. The first kappa shape index (κ1) is 16.8. The van der Waals surface area contributed by atoms with Gasteiger partial charge >= 0.3 is 0 Å². The van der Waals surface area contributed by atoms with Gasteiger partial charge in [-0.05, 0) is 18.1 Å². The van der Waals surface area contributed by atoms with Crippen LogP contribution in [0, 0.1) is 0 Å². The fraction of sp³-hybridized carbons (Fsp3) is 0.500. The molecule has 5 nitrogen and oxygen atoms in total. The molecule has 0 heterocycles. The van der Waals surface area contributed by atoms with Crippen molar-refractivity contribution in [1.82, 2.24) is 0 Å². The molecule has 0 bridgehead atoms. The number of hydrogen-bond donors (Lipinski definition) is 2. The molecule has 0 amide bonds. The van der Waals surface area contributed by atoms with Crippen LogP contribution in [0.5, 0.6) is 17.2 Å². The summed E-state index contributed by atoms with van der Waals surface area (Å²) >= 11 is 0. The van der Waals surface area contributed by atoms with E-state index in [1.807, 2.05) is 6.07 Å². The molecule has 0 fully saturated rings. The van der Waals surface area contributed by atoms with Crippen molar-refractivity contribution in [3.63, 3.8) is 0 Å². The topological polar surface area (TPSA) is 73.9 Å². The van der Waals surface area contributed by atoms with Crippen LogP contribution in [0.4, 0.5) is 0 Å². The molecule has 0 radical (unpaired) electrons. The summed E-state index contributed by atoms with van der Waals surface area (Å²) in [5, 5.41) is 8.97. The van der Waals surface area contributed by atoms with Crippen molar-refractivity contribution in [2.75, 3.05) is 27.9 Å². The lowest BCUT2D eigenvalue weighted by atomic mass is 10.0. The van der Waals surface area contributed by atoms with Crippen molar-refractivity contribution >= 4 is 12.4 Å². The average Bonchev–Trinajstić information content (AvgIpc) is 2.37. The number of ether oxygens (including phenoxy) is 3. The quantitative estimate of drug-likeness (QED) is 0.811. The van der Waals surface area contributed by atoms with Gasteiger partial charge in [0.15, 0.2) is 11.5 Å². The molecule has 1 aromatic carbocycles. The molecule has 104 valence electrons. The van der Waals surface area contributed by atoms with Crippen molar-refractivity contribution in [2.45, 2.75) is 12.5 Å². The summed E-state index contributed by atoms with van der Waals surface area (Å²) in [5.74, 6) is 1.74. The fourth-order valence-corrected chi connectivity index (χ4v) is 1.67. The minimum Gasteiger partial charge on any atom is -0.493 e. The Morgan fingerprint density at radius 3 is 2.17 bits per heavy atom. The Labute approximate surface area is 113 Å². The van der Waals surface area contributed by atoms with Gasteiger partial charge in [-0.1, -0.05) is 6.07 Å². The molecule has 18 heavy (non-hydrogen) atoms. The maximum atomic E-state index is 8.97. The highest BCUT2D eigenvalue weighted by molar-refractivity contribution is 5.85. The van der Waals surface area contributed by atoms with E-state index < -0.39 is 0 Å². The summed E-state index contributed by atoms with van der Waals surface area (Å²) in [4.78, 5) is 0. The SMILES string of the molecule is COc1ccc(CC(N)CO)c(OC)c1OC.Cl. The maximum absolute atomic E-state index is 8.97. The number of methoxy groups -OCH3 is 3. The summed E-state index contributed by atoms with van der Waals surface area (Å²) in [6, 6.07) is 3.33. The van der Waals surface area contributed by atoms with Crippen molar-refractivity contribution in [3.8, 4) is 17.2 Å². The number of benzene rings is 1. The number of aliphatic hydroxyl groups excluding tert-OH is 1. The molecule has 0 aliphatic heterocycles. The molecule has 0 saturated carbocycles. The van der Waals surface area contributed by atoms with E-state index in [9.17, 15) is 0 Å². The molecule has 1 aromatic rings. The Balaban J connectivity index is 0.00000289. The second kappa shape index (κ2) is 8.02. The lowest BCUT2D eigenvalue weighted by molar-refractivity contribution is 0.263. The maximum Gasteiger partial charge on any atom is 0.203 e. The van der Waals surface area contributed by atoms with Gasteiger partial charge < -0.3 is 25.1 Å². The molecular weight excluding hydrogens is 258 g/mol. The number of aliphatic hydroxyl groups is 1. The molecule has 1 unspecified atom stereocenters. The van der Waals surface area contributed by atoms with Gasteiger partial charge in [0.05, 0.1) is 27.9 Å². The van der Waals surface area contributed by atoms with E-state index in [4.69, 9.17) is 25.1 Å². The van der Waals surface area contributed by atoms with Crippen LogP contribution in [0.25, 0.3) is 0 Å². The van der Waals surface area contributed by atoms with Gasteiger partial charge in [0.25, 0.3) is 0 Å². The first-order chi connectivity index (χ1) is 8.17. The molecule has 0 aliphatic rings. The molecule has 1 rings (SSSR count). The zero-order valence-electron chi connectivity index (χ0n) is 10.8. The van der Waals surface area contributed by atoms with Crippen molar-refractivity contribution in [2.24, 2.45) is 5.73 Å². The summed E-state index contributed by atoms with van der Waals surface area (Å²) in [5.41, 5.74) is 6.59. The smallest absolute Gasteiger partial charge is 0.203 e. The van der Waals surface area contributed by atoms with Crippen LogP contribution in [0.1, 0.15) is 5.56 Å². The van der Waals surface area contributed by atoms with Gasteiger partial charge in [0.2, 0.25) is 5.75 Å². The highest BCUT2D eigenvalue weighted by atomic mass is 35.5. The third-order valence-electron chi connectivity index (χ3n) is 2.50. The summed E-state index contributed by atoms with van der Waals surface area (Å²) in [6.07, 6.45) is 0.514. The van der Waals surface area contributed by atoms with E-state index in [1.165, 1.54) is 0 Å². The Morgan fingerprint density at radius 2 is 1.72 bits per heavy atom. The highest BCUT2D eigenvalue weighted by Gasteiger charge is 2.17. The zero-order valence-corrected chi connectivity index (χ0v) is 11.6. The summed E-state index contributed by atoms with van der Waals surface area (Å²) in [7, 11) is 4.68. The van der Waals surface area contributed by atoms with Gasteiger partial charge in [-0.2, -0.15) is 0 Å². The number of nitrogens with two attached hydrogens (primary N) is 1. The standard InChI is InChI=1S/C12H19NO4.ClH/c1-15-10-5-4-8(6-9(13)7-14)11(16-2)12(10)17-3;/h4-5,9,14H,6-7,13H2,1-3H3;1H. The van der Waals surface area contributed by atoms with Gasteiger partial charge in [-0.25, -0.2) is 0 Å². The van der Waals surface area contributed by atoms with Gasteiger partial charge in [0.1, 0.15) is 0 Å². The zero-order chi connectivity index (χ0) is 12.8. The number of rotatable bonds is 6. The lowest BCUT2D eigenvalue weighted by Gasteiger charge is -2.17. The van der Waals surface area contributed by atoms with E-state index in [2.05, 4.69) is 0 Å². The first-order valence-corrected chi connectivity index (χ1v) is 5.32. The van der Waals surface area contributed by atoms with Gasteiger partial charge in [-0.3, -0.25) is 0 Å². The van der Waals surface area contributed by atoms with Crippen LogP contribution in [0.15, 0.2) is 12.1 Å². The van der Waals surface area contributed by atoms with Crippen LogP contribution < -0.4 is 19.9 Å². The second-order valence-electron chi connectivity index (χ2n) is 3.64. The highest BCUT2D eigenvalue weighted by Crippen LogP contribution is 2.39. The number of halogens is 1. The van der Waals surface area contributed by atoms with Crippen molar-refractivity contribution < 1.29 is 19.3 Å². The molecular formula is C12H20ClNO4. The normalized spacial score (nSPS) is 11.4. The Bertz CT molecular complexity index is 373. The van der Waals surface area contributed by atoms with Crippen LogP contribution in [0.3, 0.4) is 0 Å². The molecule has 6 heteroatoms. The third kappa shape index (κ3) is 3.66. The molecule has 0 aliphatic carbocycles. The Hall–Kier alpha value is -1.17. The van der Waals surface area contributed by atoms with Gasteiger partial charge in [0, 0.05) is 6.04 Å². The van der Waals surface area contributed by atoms with Crippen LogP contribution in [0.2, 0.25) is 0 Å². The fourth-order valence-electron chi connectivity index (χ4n) is 1.67. The monoisotopic (exact) mass is 277 g/mol. The lowest BCUT2D eigenvalue weighted by Crippen LogP contribution is -2.27. The van der Waals surface area contributed by atoms with Crippen molar-refractivity contribution in [1.29, 1.82) is 0 Å². The van der Waals surface area contributed by atoms with Crippen LogP contribution in [-0.2, 0) is 6.42 Å². The van der Waals surface area contributed by atoms with Crippen molar-refractivity contribution in [3.05, 3.63) is 17.7 Å². The Kier molecular flexibility index (Phi) is 7.50. The second-order valence-corrected chi connectivity index (χ2v) is 3.64. The first-order valence-electron chi connectivity index (χ1n) is 5.32. The molecule has 0 saturated heterocycles. The molecule has 0 aromatic heterocycles. The third-order valence-corrected chi connectivity index (χ3v) is 2.50. The van der Waals surface area contributed by atoms with E-state index in [-0.39, 0.29) is 25.1 Å². The molecule has 1 atom stereocenters. The van der Waals surface area contributed by atoms with E-state index in [0.29, 0.717) is 23.7 Å². The molecule has 3 N–H and O–H groups in total. The average molecular weight is 278 g/mol. The summed E-state index contributed by atoms with van der Waals surface area (Å²) in [6.45, 7) is -0.0719. The van der Waals surface area contributed by atoms with Crippen LogP contribution in [-0.4, -0.2) is 39.1 Å². The van der Waals surface area contributed by atoms with E-state index >= 15 is 0 Å². The minimum absolute atomic E-state index is 0. The van der Waals surface area contributed by atoms with E-state index in [1.54, 1.807) is 27.4 Å². The molecule has 0 spiro atoms. The predicted molar refractivity (Wildman–Crippen MR) is 72.1 cm³/mol. The predicted octanol–water partition coefficient (Wildman–Crippen LogP) is 0.996. The largest absolute Gasteiger partial charge is 0.493 e. The summed E-state index contributed by atoms with van der Waals surface area (Å²) < 4.78 is 15.8.